The normalized spacial score (nSPS) is 29.6. The minimum Gasteiger partial charge on any atom is -0.507 e. The standard InChI is InChI=1S/C35H39N3O7/c1-16(2)37-15-17-9-10-21(20-8-6-5-7-19(17)20)22-11-12-25(39)27-23(22)13-18-14-24-29(38(3)4)31(41)28(34(36)44)33(43)35(24,45)32(42)26(18)30(27)40/h5-12,16,18,24,26,28-29,31,37,39,41,45H,13-15H2,1-4H3,(H2,36,44)/t18-,24-,26?,28?,29-,31?,35-/m1/s1. The van der Waals surface area contributed by atoms with Gasteiger partial charge in [0.1, 0.15) is 11.7 Å². The number of hydrogen-bond donors (Lipinski definition) is 5. The van der Waals surface area contributed by atoms with Gasteiger partial charge in [0, 0.05) is 24.5 Å². The molecule has 3 unspecified atom stereocenters. The third kappa shape index (κ3) is 4.62. The Morgan fingerprint density at radius 2 is 1.69 bits per heavy atom. The van der Waals surface area contributed by atoms with Gasteiger partial charge in [0.2, 0.25) is 5.91 Å². The summed E-state index contributed by atoms with van der Waals surface area (Å²) in [6.45, 7) is 4.84. The Labute approximate surface area is 261 Å². The molecule has 3 aliphatic rings. The van der Waals surface area contributed by atoms with Crippen molar-refractivity contribution in [3.63, 3.8) is 0 Å². The molecule has 3 aromatic rings. The van der Waals surface area contributed by atoms with E-state index in [4.69, 9.17) is 5.73 Å². The van der Waals surface area contributed by atoms with E-state index in [2.05, 4.69) is 31.3 Å². The first-order chi connectivity index (χ1) is 21.3. The lowest BCUT2D eigenvalue weighted by atomic mass is 9.52. The van der Waals surface area contributed by atoms with Crippen molar-refractivity contribution < 1.29 is 34.5 Å². The summed E-state index contributed by atoms with van der Waals surface area (Å²) in [5, 5.41) is 39.5. The second kappa shape index (κ2) is 11.1. The summed E-state index contributed by atoms with van der Waals surface area (Å²) in [6.07, 6.45) is -1.26. The molecule has 0 radical (unpaired) electrons. The van der Waals surface area contributed by atoms with E-state index in [1.807, 2.05) is 24.3 Å². The Bertz CT molecular complexity index is 1750. The first kappa shape index (κ1) is 31.0. The van der Waals surface area contributed by atoms with E-state index < -0.39 is 64.7 Å². The molecule has 6 rings (SSSR count). The molecule has 10 heteroatoms. The molecule has 0 spiro atoms. The topological polar surface area (TPSA) is 170 Å². The molecule has 6 N–H and O–H groups in total. The average Bonchev–Trinajstić information content (AvgIpc) is 2.97. The minimum absolute atomic E-state index is 0.00214. The Kier molecular flexibility index (Phi) is 7.68. The zero-order chi connectivity index (χ0) is 32.5. The van der Waals surface area contributed by atoms with Gasteiger partial charge in [0.05, 0.1) is 17.6 Å². The van der Waals surface area contributed by atoms with E-state index in [-0.39, 0.29) is 24.2 Å². The van der Waals surface area contributed by atoms with Crippen LogP contribution in [-0.4, -0.2) is 81.4 Å². The Morgan fingerprint density at radius 1 is 1.02 bits per heavy atom. The molecule has 45 heavy (non-hydrogen) atoms. The highest BCUT2D eigenvalue weighted by molar-refractivity contribution is 6.25. The number of phenolic OH excluding ortho intramolecular Hbond substituents is 1. The fourth-order valence-corrected chi connectivity index (χ4v) is 8.14. The summed E-state index contributed by atoms with van der Waals surface area (Å²) in [4.78, 5) is 55.7. The summed E-state index contributed by atoms with van der Waals surface area (Å²) < 4.78 is 0. The number of likely N-dealkylation sites (N-methyl/N-ethyl adjacent to an activating group) is 1. The molecule has 0 aromatic heterocycles. The highest BCUT2D eigenvalue weighted by Crippen LogP contribution is 2.52. The van der Waals surface area contributed by atoms with Crippen LogP contribution >= 0.6 is 0 Å². The average molecular weight is 614 g/mol. The summed E-state index contributed by atoms with van der Waals surface area (Å²) >= 11 is 0. The van der Waals surface area contributed by atoms with Crippen LogP contribution in [0.4, 0.5) is 0 Å². The smallest absolute Gasteiger partial charge is 0.230 e. The summed E-state index contributed by atoms with van der Waals surface area (Å²) in [5.74, 6) is -9.20. The molecule has 3 aliphatic carbocycles. The predicted molar refractivity (Wildman–Crippen MR) is 167 cm³/mol. The van der Waals surface area contributed by atoms with E-state index in [1.54, 1.807) is 25.1 Å². The number of primary amides is 1. The zero-order valence-electron chi connectivity index (χ0n) is 25.8. The van der Waals surface area contributed by atoms with Crippen molar-refractivity contribution in [2.75, 3.05) is 14.1 Å². The van der Waals surface area contributed by atoms with Crippen LogP contribution < -0.4 is 11.1 Å². The lowest BCUT2D eigenvalue weighted by Crippen LogP contribution is -2.75. The van der Waals surface area contributed by atoms with Gasteiger partial charge >= 0.3 is 0 Å². The van der Waals surface area contributed by atoms with E-state index >= 15 is 0 Å². The van der Waals surface area contributed by atoms with Gasteiger partial charge in [-0.1, -0.05) is 56.3 Å². The number of phenols is 1. The number of aliphatic hydroxyl groups excluding tert-OH is 1. The van der Waals surface area contributed by atoms with Crippen molar-refractivity contribution in [3.8, 4) is 16.9 Å². The number of fused-ring (bicyclic) bond motifs is 4. The molecule has 0 bridgehead atoms. The Morgan fingerprint density at radius 3 is 2.33 bits per heavy atom. The second-order valence-corrected chi connectivity index (χ2v) is 13.3. The number of hydrogen-bond acceptors (Lipinski definition) is 9. The van der Waals surface area contributed by atoms with Crippen LogP contribution in [0.3, 0.4) is 0 Å². The van der Waals surface area contributed by atoms with Crippen molar-refractivity contribution in [2.45, 2.75) is 57.0 Å². The largest absolute Gasteiger partial charge is 0.507 e. The number of carbonyl (C=O) groups excluding carboxylic acids is 4. The van der Waals surface area contributed by atoms with Crippen LogP contribution in [-0.2, 0) is 27.3 Å². The second-order valence-electron chi connectivity index (χ2n) is 13.3. The van der Waals surface area contributed by atoms with E-state index in [1.165, 1.54) is 6.07 Å². The van der Waals surface area contributed by atoms with Crippen molar-refractivity contribution in [3.05, 3.63) is 65.2 Å². The number of nitrogens with one attached hydrogen (secondary N) is 1. The molecular weight excluding hydrogens is 574 g/mol. The lowest BCUT2D eigenvalue weighted by molar-refractivity contribution is -0.190. The molecule has 2 fully saturated rings. The van der Waals surface area contributed by atoms with Crippen LogP contribution in [0.1, 0.15) is 41.8 Å². The van der Waals surface area contributed by atoms with Crippen molar-refractivity contribution in [2.24, 2.45) is 29.4 Å². The number of aromatic hydroxyl groups is 1. The number of carbonyl (C=O) groups is 4. The molecule has 1 amide bonds. The maximum Gasteiger partial charge on any atom is 0.230 e. The number of benzene rings is 3. The molecule has 3 aromatic carbocycles. The molecule has 10 nitrogen and oxygen atoms in total. The first-order valence-corrected chi connectivity index (χ1v) is 15.4. The predicted octanol–water partition coefficient (Wildman–Crippen LogP) is 1.98. The number of aliphatic hydroxyl groups is 2. The van der Waals surface area contributed by atoms with E-state index in [9.17, 15) is 34.5 Å². The van der Waals surface area contributed by atoms with Gasteiger partial charge in [0.25, 0.3) is 0 Å². The maximum atomic E-state index is 14.2. The van der Waals surface area contributed by atoms with Gasteiger partial charge in [-0.3, -0.25) is 19.2 Å². The zero-order valence-corrected chi connectivity index (χ0v) is 25.8. The molecule has 0 saturated heterocycles. The van der Waals surface area contributed by atoms with Crippen molar-refractivity contribution >= 4 is 34.0 Å². The Balaban J connectivity index is 1.48. The summed E-state index contributed by atoms with van der Waals surface area (Å²) in [7, 11) is 3.25. The lowest BCUT2D eigenvalue weighted by Gasteiger charge is -2.54. The molecule has 0 heterocycles. The van der Waals surface area contributed by atoms with E-state index in [0.717, 1.165) is 27.5 Å². The van der Waals surface area contributed by atoms with Gasteiger partial charge in [-0.15, -0.1) is 0 Å². The third-order valence-corrected chi connectivity index (χ3v) is 10.2. The highest BCUT2D eigenvalue weighted by Gasteiger charge is 2.69. The molecule has 2 saturated carbocycles. The molecule has 236 valence electrons. The van der Waals surface area contributed by atoms with Crippen molar-refractivity contribution in [1.29, 1.82) is 0 Å². The Hall–Kier alpha value is -3.96. The number of nitrogens with two attached hydrogens (primary N) is 1. The molecule has 7 atom stereocenters. The number of amides is 1. The summed E-state index contributed by atoms with van der Waals surface area (Å²) in [5.41, 5.74) is 6.11. The number of rotatable bonds is 6. The minimum atomic E-state index is -2.69. The molecular formula is C35H39N3O7. The number of Topliss-reactive ketones (excluding diaryl/α,β-unsaturated/α-hetero) is 3. The van der Waals surface area contributed by atoms with Gasteiger partial charge in [-0.05, 0) is 71.9 Å². The van der Waals surface area contributed by atoms with Gasteiger partial charge in [-0.25, -0.2) is 0 Å². The third-order valence-electron chi connectivity index (χ3n) is 10.2. The van der Waals surface area contributed by atoms with Gasteiger partial charge in [0.15, 0.2) is 23.0 Å². The van der Waals surface area contributed by atoms with E-state index in [0.29, 0.717) is 18.2 Å². The quantitative estimate of drug-likeness (QED) is 0.261. The van der Waals surface area contributed by atoms with Gasteiger partial charge < -0.3 is 31.3 Å². The van der Waals surface area contributed by atoms with Crippen LogP contribution in [0, 0.1) is 23.7 Å². The van der Waals surface area contributed by atoms with Crippen LogP contribution in [0.15, 0.2) is 48.5 Å². The first-order valence-electron chi connectivity index (χ1n) is 15.4. The molecule has 0 aliphatic heterocycles. The van der Waals surface area contributed by atoms with Crippen LogP contribution in [0.5, 0.6) is 5.75 Å². The number of ketones is 3. The van der Waals surface area contributed by atoms with Gasteiger partial charge in [-0.2, -0.15) is 0 Å². The fraction of sp³-hybridized carbons (Fsp3) is 0.429. The fourth-order valence-electron chi connectivity index (χ4n) is 8.14. The number of nitrogens with zero attached hydrogens (tertiary/aromatic N) is 1. The highest BCUT2D eigenvalue weighted by atomic mass is 16.3. The SMILES string of the molecule is CC(C)NCc1ccc(-c2ccc(O)c3c2C[C@@H]2C[C@@H]4[C@@H](N(C)C)C(O)C(C(N)=O)C(=O)[C@]4(O)C(=O)C2C3=O)c2ccccc12. The van der Waals surface area contributed by atoms with Crippen LogP contribution in [0.25, 0.3) is 21.9 Å². The maximum absolute atomic E-state index is 14.2. The monoisotopic (exact) mass is 613 g/mol. The summed E-state index contributed by atoms with van der Waals surface area (Å²) in [6, 6.07) is 14.6. The van der Waals surface area contributed by atoms with Crippen LogP contribution in [0.2, 0.25) is 0 Å². The van der Waals surface area contributed by atoms with Crippen molar-refractivity contribution in [1.82, 2.24) is 10.2 Å².